The van der Waals surface area contributed by atoms with Crippen LogP contribution in [0.4, 0.5) is 4.79 Å². The Morgan fingerprint density at radius 1 is 1.30 bits per heavy atom. The van der Waals surface area contributed by atoms with E-state index in [0.717, 1.165) is 26.2 Å². The molecule has 5 heteroatoms. The van der Waals surface area contributed by atoms with Crippen molar-refractivity contribution in [2.45, 2.75) is 39.3 Å². The highest BCUT2D eigenvalue weighted by molar-refractivity contribution is 5.68. The fourth-order valence-electron chi connectivity index (χ4n) is 2.42. The van der Waals surface area contributed by atoms with Gasteiger partial charge in [0.1, 0.15) is 5.60 Å². The summed E-state index contributed by atoms with van der Waals surface area (Å²) >= 11 is 0. The van der Waals surface area contributed by atoms with Crippen LogP contribution in [0.25, 0.3) is 0 Å². The number of nitrogens with one attached hydrogen (secondary N) is 1. The number of carbonyl (C=O) groups is 1. The molecule has 1 saturated heterocycles. The third-order valence-electron chi connectivity index (χ3n) is 3.59. The van der Waals surface area contributed by atoms with Crippen molar-refractivity contribution in [2.75, 3.05) is 26.2 Å². The number of hydrogen-bond donors (Lipinski definition) is 1. The molecule has 0 spiro atoms. The van der Waals surface area contributed by atoms with E-state index in [2.05, 4.69) is 22.9 Å². The van der Waals surface area contributed by atoms with Gasteiger partial charge in [0.2, 0.25) is 0 Å². The molecule has 20 heavy (non-hydrogen) atoms. The molecule has 1 amide bonds. The van der Waals surface area contributed by atoms with E-state index in [1.54, 1.807) is 4.90 Å². The minimum atomic E-state index is -0.425. The van der Waals surface area contributed by atoms with Crippen molar-refractivity contribution in [1.82, 2.24) is 14.8 Å². The van der Waals surface area contributed by atoms with Crippen molar-refractivity contribution in [2.24, 2.45) is 0 Å². The molecule has 5 nitrogen and oxygen atoms in total. The molecule has 0 bridgehead atoms. The van der Waals surface area contributed by atoms with Crippen molar-refractivity contribution in [1.29, 1.82) is 0 Å². The molecule has 0 aliphatic carbocycles. The van der Waals surface area contributed by atoms with E-state index in [4.69, 9.17) is 4.74 Å². The van der Waals surface area contributed by atoms with Crippen LogP contribution in [0.15, 0.2) is 18.3 Å². The van der Waals surface area contributed by atoms with Crippen LogP contribution in [0.3, 0.4) is 0 Å². The Hall–Kier alpha value is -1.49. The maximum Gasteiger partial charge on any atom is 0.410 e. The van der Waals surface area contributed by atoms with E-state index in [0.29, 0.717) is 6.04 Å². The summed E-state index contributed by atoms with van der Waals surface area (Å²) in [5, 5.41) is 0. The predicted octanol–water partition coefficient (Wildman–Crippen LogP) is 2.63. The van der Waals surface area contributed by atoms with Crippen molar-refractivity contribution in [3.8, 4) is 0 Å². The molecule has 1 N–H and O–H groups in total. The lowest BCUT2D eigenvalue weighted by Crippen LogP contribution is -2.50. The molecule has 0 unspecified atom stereocenters. The van der Waals surface area contributed by atoms with E-state index >= 15 is 0 Å². The Kier molecular flexibility index (Phi) is 4.38. The van der Waals surface area contributed by atoms with Gasteiger partial charge in [-0.15, -0.1) is 0 Å². The standard InChI is InChI=1S/C15H25N3O2/c1-12(13-6-5-7-16-13)17-8-10-18(11-9-17)14(19)20-15(2,3)4/h5-7,12,16H,8-11H2,1-4H3/t12-/m1/s1. The van der Waals surface area contributed by atoms with Crippen LogP contribution in [-0.2, 0) is 4.74 Å². The summed E-state index contributed by atoms with van der Waals surface area (Å²) < 4.78 is 5.41. The highest BCUT2D eigenvalue weighted by Gasteiger charge is 2.28. The third-order valence-corrected chi connectivity index (χ3v) is 3.59. The Morgan fingerprint density at radius 3 is 2.45 bits per heavy atom. The lowest BCUT2D eigenvalue weighted by Gasteiger charge is -2.38. The maximum absolute atomic E-state index is 12.0. The molecule has 0 saturated carbocycles. The minimum absolute atomic E-state index is 0.204. The van der Waals surface area contributed by atoms with Crippen molar-refractivity contribution >= 4 is 6.09 Å². The third kappa shape index (κ3) is 3.76. The molecule has 1 fully saturated rings. The Bertz CT molecular complexity index is 428. The zero-order valence-corrected chi connectivity index (χ0v) is 12.8. The van der Waals surface area contributed by atoms with Gasteiger partial charge in [0.25, 0.3) is 0 Å². The molecular weight excluding hydrogens is 254 g/mol. The summed E-state index contributed by atoms with van der Waals surface area (Å²) in [4.78, 5) is 19.4. The first-order valence-corrected chi connectivity index (χ1v) is 7.22. The number of amides is 1. The highest BCUT2D eigenvalue weighted by Crippen LogP contribution is 2.20. The van der Waals surface area contributed by atoms with Crippen molar-refractivity contribution in [3.63, 3.8) is 0 Å². The van der Waals surface area contributed by atoms with E-state index < -0.39 is 5.60 Å². The second-order valence-corrected chi connectivity index (χ2v) is 6.30. The summed E-state index contributed by atoms with van der Waals surface area (Å²) in [7, 11) is 0. The molecule has 0 aromatic carbocycles. The zero-order chi connectivity index (χ0) is 14.8. The van der Waals surface area contributed by atoms with Gasteiger partial charge >= 0.3 is 6.09 Å². The van der Waals surface area contributed by atoms with Crippen LogP contribution >= 0.6 is 0 Å². The fraction of sp³-hybridized carbons (Fsp3) is 0.667. The molecular formula is C15H25N3O2. The number of hydrogen-bond acceptors (Lipinski definition) is 3. The van der Waals surface area contributed by atoms with Gasteiger partial charge in [-0.3, -0.25) is 4.90 Å². The predicted molar refractivity (Wildman–Crippen MR) is 78.6 cm³/mol. The highest BCUT2D eigenvalue weighted by atomic mass is 16.6. The van der Waals surface area contributed by atoms with E-state index in [-0.39, 0.29) is 6.09 Å². The van der Waals surface area contributed by atoms with Crippen LogP contribution in [0.1, 0.15) is 39.4 Å². The first kappa shape index (κ1) is 14.9. The average Bonchev–Trinajstić information content (AvgIpc) is 2.90. The molecule has 1 aliphatic rings. The SMILES string of the molecule is C[C@H](c1ccc[nH]1)N1CCN(C(=O)OC(C)(C)C)CC1. The maximum atomic E-state index is 12.0. The number of rotatable bonds is 2. The minimum Gasteiger partial charge on any atom is -0.444 e. The Labute approximate surface area is 120 Å². The lowest BCUT2D eigenvalue weighted by molar-refractivity contribution is 0.0109. The van der Waals surface area contributed by atoms with Gasteiger partial charge in [0.15, 0.2) is 0 Å². The Balaban J connectivity index is 1.85. The van der Waals surface area contributed by atoms with Crippen LogP contribution in [0, 0.1) is 0 Å². The number of piperazine rings is 1. The number of carbonyl (C=O) groups excluding carboxylic acids is 1. The molecule has 2 heterocycles. The molecule has 1 aliphatic heterocycles. The largest absolute Gasteiger partial charge is 0.444 e. The summed E-state index contributed by atoms with van der Waals surface area (Å²) in [6, 6.07) is 4.47. The summed E-state index contributed by atoms with van der Waals surface area (Å²) in [6.07, 6.45) is 1.74. The molecule has 1 aromatic rings. The van der Waals surface area contributed by atoms with Gasteiger partial charge in [-0.2, -0.15) is 0 Å². The zero-order valence-electron chi connectivity index (χ0n) is 12.8. The molecule has 0 radical (unpaired) electrons. The summed E-state index contributed by atoms with van der Waals surface area (Å²) in [5.41, 5.74) is 0.793. The fourth-order valence-corrected chi connectivity index (χ4v) is 2.42. The molecule has 1 atom stereocenters. The summed E-state index contributed by atoms with van der Waals surface area (Å²) in [6.45, 7) is 11.1. The van der Waals surface area contributed by atoms with Crippen LogP contribution in [-0.4, -0.2) is 52.7 Å². The first-order valence-electron chi connectivity index (χ1n) is 7.22. The molecule has 1 aromatic heterocycles. The van der Waals surface area contributed by atoms with E-state index in [1.165, 1.54) is 5.69 Å². The van der Waals surface area contributed by atoms with Crippen LogP contribution < -0.4 is 0 Å². The number of H-pyrrole nitrogens is 1. The number of aromatic nitrogens is 1. The van der Waals surface area contributed by atoms with Gasteiger partial charge in [-0.25, -0.2) is 4.79 Å². The quantitative estimate of drug-likeness (QED) is 0.905. The lowest BCUT2D eigenvalue weighted by atomic mass is 10.2. The number of ether oxygens (including phenoxy) is 1. The number of aromatic amines is 1. The number of nitrogens with zero attached hydrogens (tertiary/aromatic N) is 2. The van der Waals surface area contributed by atoms with Crippen LogP contribution in [0.5, 0.6) is 0 Å². The molecule has 112 valence electrons. The van der Waals surface area contributed by atoms with Gasteiger partial charge in [0, 0.05) is 44.1 Å². The monoisotopic (exact) mass is 279 g/mol. The second-order valence-electron chi connectivity index (χ2n) is 6.30. The smallest absolute Gasteiger partial charge is 0.410 e. The van der Waals surface area contributed by atoms with Crippen molar-refractivity contribution in [3.05, 3.63) is 24.0 Å². The van der Waals surface area contributed by atoms with Gasteiger partial charge in [-0.1, -0.05) is 0 Å². The molecule has 2 rings (SSSR count). The van der Waals surface area contributed by atoms with Crippen molar-refractivity contribution < 1.29 is 9.53 Å². The first-order chi connectivity index (χ1) is 9.37. The average molecular weight is 279 g/mol. The normalized spacial score (nSPS) is 18.9. The van der Waals surface area contributed by atoms with Crippen LogP contribution in [0.2, 0.25) is 0 Å². The second kappa shape index (κ2) is 5.87. The van der Waals surface area contributed by atoms with E-state index in [1.807, 2.05) is 33.0 Å². The van der Waals surface area contributed by atoms with Gasteiger partial charge < -0.3 is 14.6 Å². The van der Waals surface area contributed by atoms with Gasteiger partial charge in [-0.05, 0) is 39.8 Å². The van der Waals surface area contributed by atoms with E-state index in [9.17, 15) is 4.79 Å². The topological polar surface area (TPSA) is 48.6 Å². The van der Waals surface area contributed by atoms with Gasteiger partial charge in [0.05, 0.1) is 0 Å². The summed E-state index contributed by atoms with van der Waals surface area (Å²) in [5.74, 6) is 0. The Morgan fingerprint density at radius 2 is 1.95 bits per heavy atom.